The van der Waals surface area contributed by atoms with E-state index in [0.29, 0.717) is 11.4 Å². The van der Waals surface area contributed by atoms with Crippen molar-refractivity contribution >= 4 is 28.9 Å². The molecule has 0 aliphatic heterocycles. The molecule has 5 nitrogen and oxygen atoms in total. The van der Waals surface area contributed by atoms with Gasteiger partial charge in [0, 0.05) is 5.69 Å². The predicted octanol–water partition coefficient (Wildman–Crippen LogP) is 2.22. The van der Waals surface area contributed by atoms with Gasteiger partial charge < -0.3 is 10.1 Å². The van der Waals surface area contributed by atoms with E-state index in [2.05, 4.69) is 16.2 Å². The summed E-state index contributed by atoms with van der Waals surface area (Å²) in [6.07, 6.45) is 0. The zero-order valence-corrected chi connectivity index (χ0v) is 12.3. The third kappa shape index (κ3) is 5.37. The maximum atomic E-state index is 12.8. The second-order valence-electron chi connectivity index (χ2n) is 4.24. The first-order chi connectivity index (χ1) is 10.6. The van der Waals surface area contributed by atoms with Crippen LogP contribution in [0.5, 0.6) is 5.75 Å². The first-order valence-corrected chi connectivity index (χ1v) is 6.83. The molecule has 0 atom stereocenters. The van der Waals surface area contributed by atoms with Crippen molar-refractivity contribution in [2.45, 2.75) is 0 Å². The number of hydrogen-bond donors (Lipinski definition) is 3. The Labute approximate surface area is 132 Å². The number of thiocarbonyl (C=S) groups is 1. The molecule has 0 fully saturated rings. The molecule has 0 aliphatic rings. The average molecular weight is 319 g/mol. The average Bonchev–Trinajstić information content (AvgIpc) is 2.54. The number of halogens is 1. The van der Waals surface area contributed by atoms with Crippen LogP contribution in [0.15, 0.2) is 54.6 Å². The van der Waals surface area contributed by atoms with Crippen LogP contribution in [0.1, 0.15) is 0 Å². The van der Waals surface area contributed by atoms with Crippen molar-refractivity contribution in [3.05, 3.63) is 60.4 Å². The molecule has 7 heteroatoms. The molecule has 2 rings (SSSR count). The van der Waals surface area contributed by atoms with Gasteiger partial charge in [0.1, 0.15) is 11.6 Å². The first-order valence-electron chi connectivity index (χ1n) is 6.43. The fourth-order valence-corrected chi connectivity index (χ4v) is 1.69. The van der Waals surface area contributed by atoms with Gasteiger partial charge in [0.05, 0.1) is 0 Å². The van der Waals surface area contributed by atoms with Crippen LogP contribution in [-0.4, -0.2) is 17.6 Å². The smallest absolute Gasteiger partial charge is 0.276 e. The standard InChI is InChI=1S/C15H14FN3O2S/c16-11-6-8-12(9-7-11)17-15(22)19-18-14(20)10-21-13-4-2-1-3-5-13/h1-9H,10H2,(H,18,20)(H2,17,19,22). The number of hydrazine groups is 1. The van der Waals surface area contributed by atoms with Crippen LogP contribution in [0.2, 0.25) is 0 Å². The van der Waals surface area contributed by atoms with Gasteiger partial charge in [-0.3, -0.25) is 15.6 Å². The van der Waals surface area contributed by atoms with E-state index in [1.807, 2.05) is 18.2 Å². The second kappa shape index (κ2) is 7.94. The molecule has 0 spiro atoms. The molecule has 0 aliphatic carbocycles. The second-order valence-corrected chi connectivity index (χ2v) is 4.64. The van der Waals surface area contributed by atoms with Gasteiger partial charge in [-0.05, 0) is 48.6 Å². The summed E-state index contributed by atoms with van der Waals surface area (Å²) in [4.78, 5) is 11.6. The van der Waals surface area contributed by atoms with Crippen molar-refractivity contribution in [2.24, 2.45) is 0 Å². The van der Waals surface area contributed by atoms with Gasteiger partial charge >= 0.3 is 0 Å². The van der Waals surface area contributed by atoms with Gasteiger partial charge in [-0.2, -0.15) is 0 Å². The number of carbonyl (C=O) groups excluding carboxylic acids is 1. The lowest BCUT2D eigenvalue weighted by Gasteiger charge is -2.12. The fraction of sp³-hybridized carbons (Fsp3) is 0.0667. The van der Waals surface area contributed by atoms with Gasteiger partial charge in [-0.25, -0.2) is 4.39 Å². The minimum absolute atomic E-state index is 0.143. The summed E-state index contributed by atoms with van der Waals surface area (Å²) >= 11 is 4.99. The topological polar surface area (TPSA) is 62.4 Å². The van der Waals surface area contributed by atoms with Crippen LogP contribution in [0.4, 0.5) is 10.1 Å². The summed E-state index contributed by atoms with van der Waals surface area (Å²) in [7, 11) is 0. The SMILES string of the molecule is O=C(COc1ccccc1)NNC(=S)Nc1ccc(F)cc1. The van der Waals surface area contributed by atoms with E-state index in [9.17, 15) is 9.18 Å². The molecular weight excluding hydrogens is 305 g/mol. The Hall–Kier alpha value is -2.67. The Bertz CT molecular complexity index is 635. The van der Waals surface area contributed by atoms with Gasteiger partial charge in [0.15, 0.2) is 11.7 Å². The Morgan fingerprint density at radius 3 is 2.41 bits per heavy atom. The van der Waals surface area contributed by atoms with Crippen LogP contribution in [0.25, 0.3) is 0 Å². The number of anilines is 1. The quantitative estimate of drug-likeness (QED) is 0.596. The van der Waals surface area contributed by atoms with Crippen LogP contribution < -0.4 is 20.9 Å². The van der Waals surface area contributed by atoms with Crippen LogP contribution in [0.3, 0.4) is 0 Å². The zero-order chi connectivity index (χ0) is 15.8. The Morgan fingerprint density at radius 1 is 1.05 bits per heavy atom. The van der Waals surface area contributed by atoms with E-state index >= 15 is 0 Å². The Morgan fingerprint density at radius 2 is 1.73 bits per heavy atom. The Balaban J connectivity index is 1.69. The number of benzene rings is 2. The molecule has 0 radical (unpaired) electrons. The predicted molar refractivity (Wildman–Crippen MR) is 85.8 cm³/mol. The van der Waals surface area contributed by atoms with Gasteiger partial charge in [0.2, 0.25) is 0 Å². The Kier molecular flexibility index (Phi) is 5.67. The number of nitrogens with one attached hydrogen (secondary N) is 3. The van der Waals surface area contributed by atoms with Crippen LogP contribution in [0, 0.1) is 5.82 Å². The summed E-state index contributed by atoms with van der Waals surface area (Å²) < 4.78 is 18.0. The van der Waals surface area contributed by atoms with E-state index in [4.69, 9.17) is 17.0 Å². The summed E-state index contributed by atoms with van der Waals surface area (Å²) in [5, 5.41) is 2.98. The molecule has 0 aromatic heterocycles. The highest BCUT2D eigenvalue weighted by molar-refractivity contribution is 7.80. The van der Waals surface area contributed by atoms with E-state index < -0.39 is 0 Å². The highest BCUT2D eigenvalue weighted by Crippen LogP contribution is 2.08. The van der Waals surface area contributed by atoms with E-state index in [-0.39, 0.29) is 23.4 Å². The van der Waals surface area contributed by atoms with Crippen molar-refractivity contribution in [3.63, 3.8) is 0 Å². The zero-order valence-electron chi connectivity index (χ0n) is 11.5. The van der Waals surface area contributed by atoms with Crippen LogP contribution in [-0.2, 0) is 4.79 Å². The number of para-hydroxylation sites is 1. The molecule has 2 aromatic rings. The van der Waals surface area contributed by atoms with Crippen LogP contribution >= 0.6 is 12.2 Å². The van der Waals surface area contributed by atoms with E-state index in [0.717, 1.165) is 0 Å². The molecule has 0 bridgehead atoms. The molecule has 1 amide bonds. The van der Waals surface area contributed by atoms with Crippen molar-refractivity contribution in [1.82, 2.24) is 10.9 Å². The third-order valence-corrected chi connectivity index (χ3v) is 2.73. The summed E-state index contributed by atoms with van der Waals surface area (Å²) in [6, 6.07) is 14.7. The maximum absolute atomic E-state index is 12.8. The molecule has 2 aromatic carbocycles. The lowest BCUT2D eigenvalue weighted by Crippen LogP contribution is -2.45. The largest absolute Gasteiger partial charge is 0.484 e. The first kappa shape index (κ1) is 15.7. The lowest BCUT2D eigenvalue weighted by atomic mass is 10.3. The molecule has 22 heavy (non-hydrogen) atoms. The summed E-state index contributed by atoms with van der Waals surface area (Å²) in [6.45, 7) is -0.143. The third-order valence-electron chi connectivity index (χ3n) is 2.53. The normalized spacial score (nSPS) is 9.68. The van der Waals surface area contributed by atoms with Gasteiger partial charge in [-0.1, -0.05) is 18.2 Å². The molecule has 3 N–H and O–H groups in total. The van der Waals surface area contributed by atoms with E-state index in [1.165, 1.54) is 24.3 Å². The molecule has 114 valence electrons. The maximum Gasteiger partial charge on any atom is 0.276 e. The minimum atomic E-state index is -0.382. The van der Waals surface area contributed by atoms with Crippen molar-refractivity contribution < 1.29 is 13.9 Å². The van der Waals surface area contributed by atoms with Crippen molar-refractivity contribution in [3.8, 4) is 5.75 Å². The molecule has 0 heterocycles. The summed E-state index contributed by atoms with van der Waals surface area (Å²) in [5.41, 5.74) is 5.53. The molecular formula is C15H14FN3O2S. The van der Waals surface area contributed by atoms with Gasteiger partial charge in [-0.15, -0.1) is 0 Å². The lowest BCUT2D eigenvalue weighted by molar-refractivity contribution is -0.123. The number of ether oxygens (including phenoxy) is 1. The highest BCUT2D eigenvalue weighted by atomic mass is 32.1. The van der Waals surface area contributed by atoms with E-state index in [1.54, 1.807) is 12.1 Å². The fourth-order valence-electron chi connectivity index (χ4n) is 1.52. The molecule has 0 saturated heterocycles. The highest BCUT2D eigenvalue weighted by Gasteiger charge is 2.03. The number of carbonyl (C=O) groups is 1. The van der Waals surface area contributed by atoms with Crippen molar-refractivity contribution in [1.29, 1.82) is 0 Å². The van der Waals surface area contributed by atoms with Crippen molar-refractivity contribution in [2.75, 3.05) is 11.9 Å². The number of rotatable bonds is 4. The minimum Gasteiger partial charge on any atom is -0.484 e. The van der Waals surface area contributed by atoms with Gasteiger partial charge in [0.25, 0.3) is 5.91 Å². The molecule has 0 unspecified atom stereocenters. The monoisotopic (exact) mass is 319 g/mol. The number of hydrogen-bond acceptors (Lipinski definition) is 3. The molecule has 0 saturated carbocycles. The summed E-state index contributed by atoms with van der Waals surface area (Å²) in [5.74, 6) is -0.118. The number of amides is 1.